The van der Waals surface area contributed by atoms with Crippen molar-refractivity contribution in [1.82, 2.24) is 9.88 Å². The SMILES string of the molecule is CCOc1ccc(NC(=O)CN2CCCCC2)c2cccnc12. The van der Waals surface area contributed by atoms with Gasteiger partial charge >= 0.3 is 0 Å². The summed E-state index contributed by atoms with van der Waals surface area (Å²) in [6, 6.07) is 7.60. The lowest BCUT2D eigenvalue weighted by atomic mass is 10.1. The highest BCUT2D eigenvalue weighted by Crippen LogP contribution is 2.30. The summed E-state index contributed by atoms with van der Waals surface area (Å²) in [5, 5.41) is 3.93. The molecule has 0 unspecified atom stereocenters. The average Bonchev–Trinajstić information content (AvgIpc) is 2.58. The smallest absolute Gasteiger partial charge is 0.238 e. The van der Waals surface area contributed by atoms with Crippen molar-refractivity contribution in [3.63, 3.8) is 0 Å². The molecular formula is C18H23N3O2. The Hall–Kier alpha value is -2.14. The summed E-state index contributed by atoms with van der Waals surface area (Å²) >= 11 is 0. The molecule has 5 heteroatoms. The first-order valence-corrected chi connectivity index (χ1v) is 8.30. The molecule has 1 aromatic carbocycles. The van der Waals surface area contributed by atoms with Crippen molar-refractivity contribution in [3.8, 4) is 5.75 Å². The van der Waals surface area contributed by atoms with Crippen LogP contribution >= 0.6 is 0 Å². The highest BCUT2D eigenvalue weighted by molar-refractivity contribution is 6.03. The number of ether oxygens (including phenoxy) is 1. The average molecular weight is 313 g/mol. The number of nitrogens with one attached hydrogen (secondary N) is 1. The number of amides is 1. The number of anilines is 1. The van der Waals surface area contributed by atoms with Gasteiger partial charge in [0, 0.05) is 11.6 Å². The van der Waals surface area contributed by atoms with E-state index in [4.69, 9.17) is 4.74 Å². The van der Waals surface area contributed by atoms with Crippen LogP contribution in [0.4, 0.5) is 5.69 Å². The first-order chi connectivity index (χ1) is 11.3. The lowest BCUT2D eigenvalue weighted by Gasteiger charge is -2.25. The van der Waals surface area contributed by atoms with Crippen LogP contribution in [0.3, 0.4) is 0 Å². The van der Waals surface area contributed by atoms with Crippen molar-refractivity contribution in [3.05, 3.63) is 30.5 Å². The van der Waals surface area contributed by atoms with Gasteiger partial charge < -0.3 is 10.1 Å². The van der Waals surface area contributed by atoms with E-state index in [1.165, 1.54) is 19.3 Å². The first-order valence-electron chi connectivity index (χ1n) is 8.30. The van der Waals surface area contributed by atoms with Crippen LogP contribution in [0.1, 0.15) is 26.2 Å². The number of aromatic nitrogens is 1. The topological polar surface area (TPSA) is 54.5 Å². The Labute approximate surface area is 136 Å². The van der Waals surface area contributed by atoms with Crippen molar-refractivity contribution in [2.45, 2.75) is 26.2 Å². The molecule has 1 N–H and O–H groups in total. The maximum atomic E-state index is 12.3. The summed E-state index contributed by atoms with van der Waals surface area (Å²) in [5.41, 5.74) is 1.57. The number of pyridine rings is 1. The molecule has 2 heterocycles. The third kappa shape index (κ3) is 3.79. The highest BCUT2D eigenvalue weighted by Gasteiger charge is 2.15. The van der Waals surface area contributed by atoms with Crippen LogP contribution in [-0.4, -0.2) is 42.0 Å². The fourth-order valence-electron chi connectivity index (χ4n) is 3.04. The second-order valence-electron chi connectivity index (χ2n) is 5.83. The summed E-state index contributed by atoms with van der Waals surface area (Å²) in [7, 11) is 0. The molecule has 5 nitrogen and oxygen atoms in total. The van der Waals surface area contributed by atoms with Crippen molar-refractivity contribution in [2.24, 2.45) is 0 Å². The van der Waals surface area contributed by atoms with Crippen molar-refractivity contribution in [2.75, 3.05) is 31.6 Å². The summed E-state index contributed by atoms with van der Waals surface area (Å²) in [6.07, 6.45) is 5.38. The second kappa shape index (κ2) is 7.42. The van der Waals surface area contributed by atoms with Gasteiger partial charge in [0.15, 0.2) is 0 Å². The van der Waals surface area contributed by atoms with Gasteiger partial charge in [-0.25, -0.2) is 0 Å². The predicted octanol–water partition coefficient (Wildman–Crippen LogP) is 3.06. The van der Waals surface area contributed by atoms with E-state index in [-0.39, 0.29) is 5.91 Å². The Kier molecular flexibility index (Phi) is 5.08. The molecule has 0 saturated carbocycles. The molecule has 23 heavy (non-hydrogen) atoms. The third-order valence-corrected chi connectivity index (χ3v) is 4.12. The first kappa shape index (κ1) is 15.7. The molecule has 0 atom stereocenters. The Morgan fingerprint density at radius 1 is 1.26 bits per heavy atom. The van der Waals surface area contributed by atoms with Gasteiger partial charge in [-0.2, -0.15) is 0 Å². The van der Waals surface area contributed by atoms with Crippen LogP contribution in [0.15, 0.2) is 30.5 Å². The van der Waals surface area contributed by atoms with Crippen LogP contribution in [0, 0.1) is 0 Å². The third-order valence-electron chi connectivity index (χ3n) is 4.12. The fourth-order valence-corrected chi connectivity index (χ4v) is 3.04. The Bertz CT molecular complexity index is 681. The number of piperidine rings is 1. The predicted molar refractivity (Wildman–Crippen MR) is 91.8 cm³/mol. The monoisotopic (exact) mass is 313 g/mol. The van der Waals surface area contributed by atoms with Gasteiger partial charge in [-0.3, -0.25) is 14.7 Å². The molecule has 1 aliphatic rings. The van der Waals surface area contributed by atoms with Gasteiger partial charge in [0.25, 0.3) is 0 Å². The molecule has 0 spiro atoms. The molecule has 122 valence electrons. The normalized spacial score (nSPS) is 15.5. The maximum absolute atomic E-state index is 12.3. The Morgan fingerprint density at radius 3 is 2.87 bits per heavy atom. The Morgan fingerprint density at radius 2 is 2.09 bits per heavy atom. The maximum Gasteiger partial charge on any atom is 0.238 e. The molecule has 0 bridgehead atoms. The number of rotatable bonds is 5. The van der Waals surface area contributed by atoms with Crippen molar-refractivity contribution in [1.29, 1.82) is 0 Å². The summed E-state index contributed by atoms with van der Waals surface area (Å²) in [4.78, 5) is 18.9. The lowest BCUT2D eigenvalue weighted by molar-refractivity contribution is -0.117. The number of hydrogen-bond acceptors (Lipinski definition) is 4. The minimum atomic E-state index is 0.0289. The molecule has 0 radical (unpaired) electrons. The van der Waals surface area contributed by atoms with Gasteiger partial charge in [0.2, 0.25) is 5.91 Å². The van der Waals surface area contributed by atoms with Gasteiger partial charge in [-0.15, -0.1) is 0 Å². The number of benzene rings is 1. The van der Waals surface area contributed by atoms with Crippen LogP contribution in [0.25, 0.3) is 10.9 Å². The van der Waals surface area contributed by atoms with Gasteiger partial charge in [-0.05, 0) is 57.1 Å². The zero-order valence-electron chi connectivity index (χ0n) is 13.5. The van der Waals surface area contributed by atoms with E-state index >= 15 is 0 Å². The number of fused-ring (bicyclic) bond motifs is 1. The van der Waals surface area contributed by atoms with Gasteiger partial charge in [0.05, 0.1) is 18.8 Å². The van der Waals surface area contributed by atoms with E-state index in [9.17, 15) is 4.79 Å². The van der Waals surface area contributed by atoms with Crippen LogP contribution in [0.2, 0.25) is 0 Å². The zero-order chi connectivity index (χ0) is 16.1. The minimum absolute atomic E-state index is 0.0289. The minimum Gasteiger partial charge on any atom is -0.492 e. The number of nitrogens with zero attached hydrogens (tertiary/aromatic N) is 2. The van der Waals surface area contributed by atoms with E-state index in [1.54, 1.807) is 6.20 Å². The molecule has 1 amide bonds. The van der Waals surface area contributed by atoms with Crippen LogP contribution in [0.5, 0.6) is 5.75 Å². The molecule has 1 saturated heterocycles. The molecular weight excluding hydrogens is 290 g/mol. The number of carbonyl (C=O) groups is 1. The largest absolute Gasteiger partial charge is 0.492 e. The lowest BCUT2D eigenvalue weighted by Crippen LogP contribution is -2.36. The summed E-state index contributed by atoms with van der Waals surface area (Å²) < 4.78 is 5.62. The molecule has 2 aromatic rings. The number of likely N-dealkylation sites (tertiary alicyclic amines) is 1. The van der Waals surface area contributed by atoms with E-state index in [2.05, 4.69) is 15.2 Å². The zero-order valence-corrected chi connectivity index (χ0v) is 13.5. The van der Waals surface area contributed by atoms with Crippen molar-refractivity contribution < 1.29 is 9.53 Å². The van der Waals surface area contributed by atoms with E-state index in [1.807, 2.05) is 31.2 Å². The van der Waals surface area contributed by atoms with E-state index in [0.717, 1.165) is 35.4 Å². The van der Waals surface area contributed by atoms with Gasteiger partial charge in [-0.1, -0.05) is 6.42 Å². The molecule has 1 aliphatic heterocycles. The summed E-state index contributed by atoms with van der Waals surface area (Å²) in [5.74, 6) is 0.776. The molecule has 3 rings (SSSR count). The summed E-state index contributed by atoms with van der Waals surface area (Å²) in [6.45, 7) is 5.02. The Balaban J connectivity index is 1.77. The van der Waals surface area contributed by atoms with Crippen LogP contribution < -0.4 is 10.1 Å². The standard InChI is InChI=1S/C18H23N3O2/c1-2-23-16-9-8-15(14-7-6-10-19-18(14)16)20-17(22)13-21-11-4-3-5-12-21/h6-10H,2-5,11-13H2,1H3,(H,20,22). The second-order valence-corrected chi connectivity index (χ2v) is 5.83. The molecule has 1 fully saturated rings. The number of hydrogen-bond donors (Lipinski definition) is 1. The quantitative estimate of drug-likeness (QED) is 0.922. The van der Waals surface area contributed by atoms with Gasteiger partial charge in [0.1, 0.15) is 11.3 Å². The number of carbonyl (C=O) groups excluding carboxylic acids is 1. The van der Waals surface area contributed by atoms with Crippen LogP contribution in [-0.2, 0) is 4.79 Å². The highest BCUT2D eigenvalue weighted by atomic mass is 16.5. The van der Waals surface area contributed by atoms with E-state index < -0.39 is 0 Å². The fraction of sp³-hybridized carbons (Fsp3) is 0.444. The van der Waals surface area contributed by atoms with E-state index in [0.29, 0.717) is 13.2 Å². The van der Waals surface area contributed by atoms with Crippen molar-refractivity contribution >= 4 is 22.5 Å². The molecule has 1 aromatic heterocycles. The molecule has 0 aliphatic carbocycles.